The van der Waals surface area contributed by atoms with Gasteiger partial charge in [0.25, 0.3) is 17.5 Å². The number of non-ortho nitro benzene ring substituents is 1. The summed E-state index contributed by atoms with van der Waals surface area (Å²) in [5.74, 6) is -0.0152. The predicted octanol–water partition coefficient (Wildman–Crippen LogP) is 4.00. The normalized spacial score (nSPS) is 13.3. The Hall–Kier alpha value is -4.66. The molecule has 0 fully saturated rings. The highest BCUT2D eigenvalue weighted by atomic mass is 16.6. The van der Waals surface area contributed by atoms with E-state index in [1.807, 2.05) is 30.3 Å². The van der Waals surface area contributed by atoms with Crippen molar-refractivity contribution in [2.24, 2.45) is 0 Å². The Balaban J connectivity index is 1.77. The third-order valence-electron chi connectivity index (χ3n) is 5.34. The zero-order valence-corrected chi connectivity index (χ0v) is 18.5. The molecule has 1 aliphatic heterocycles. The molecule has 0 bridgehead atoms. The van der Waals surface area contributed by atoms with Crippen molar-refractivity contribution < 1.29 is 24.0 Å². The molecule has 3 aromatic carbocycles. The zero-order valence-electron chi connectivity index (χ0n) is 18.5. The van der Waals surface area contributed by atoms with Crippen LogP contribution in [0.4, 0.5) is 11.4 Å². The van der Waals surface area contributed by atoms with Gasteiger partial charge in [-0.15, -0.1) is 0 Å². The van der Waals surface area contributed by atoms with E-state index in [0.717, 1.165) is 10.5 Å². The fourth-order valence-corrected chi connectivity index (χ4v) is 3.64. The van der Waals surface area contributed by atoms with Crippen LogP contribution in [0.25, 0.3) is 5.57 Å². The van der Waals surface area contributed by atoms with Crippen LogP contribution in [-0.2, 0) is 16.1 Å². The lowest BCUT2D eigenvalue weighted by Crippen LogP contribution is -2.31. The van der Waals surface area contributed by atoms with Crippen LogP contribution in [0.5, 0.6) is 11.5 Å². The van der Waals surface area contributed by atoms with E-state index in [1.165, 1.54) is 38.5 Å². The molecule has 172 valence electrons. The van der Waals surface area contributed by atoms with Crippen LogP contribution < -0.4 is 14.8 Å². The molecular weight excluding hydrogens is 438 g/mol. The van der Waals surface area contributed by atoms with Crippen LogP contribution >= 0.6 is 0 Å². The first-order valence-electron chi connectivity index (χ1n) is 10.3. The molecule has 0 unspecified atom stereocenters. The van der Waals surface area contributed by atoms with Crippen molar-refractivity contribution in [3.63, 3.8) is 0 Å². The van der Waals surface area contributed by atoms with Crippen LogP contribution in [0.15, 0.2) is 78.5 Å². The van der Waals surface area contributed by atoms with Crippen LogP contribution in [0, 0.1) is 10.1 Å². The lowest BCUT2D eigenvalue weighted by Gasteiger charge is -2.15. The average molecular weight is 459 g/mol. The SMILES string of the molecule is COc1cc(NC2=C(c3ccc([N+](=O)[O-])cc3)C(=O)N(Cc3ccccc3)C2=O)cc(OC)c1. The van der Waals surface area contributed by atoms with E-state index < -0.39 is 16.7 Å². The van der Waals surface area contributed by atoms with Crippen LogP contribution in [0.1, 0.15) is 11.1 Å². The van der Waals surface area contributed by atoms with Gasteiger partial charge >= 0.3 is 0 Å². The molecule has 0 aliphatic carbocycles. The smallest absolute Gasteiger partial charge is 0.278 e. The molecule has 2 amide bonds. The fraction of sp³-hybridized carbons (Fsp3) is 0.120. The van der Waals surface area contributed by atoms with E-state index in [4.69, 9.17) is 9.47 Å². The summed E-state index contributed by atoms with van der Waals surface area (Å²) in [7, 11) is 3.01. The second kappa shape index (κ2) is 9.45. The van der Waals surface area contributed by atoms with Crippen molar-refractivity contribution in [3.05, 3.63) is 99.7 Å². The summed E-state index contributed by atoms with van der Waals surface area (Å²) in [6, 6.07) is 19.7. The third kappa shape index (κ3) is 4.44. The minimum atomic E-state index is -0.525. The van der Waals surface area contributed by atoms with E-state index in [-0.39, 0.29) is 23.5 Å². The highest BCUT2D eigenvalue weighted by Crippen LogP contribution is 2.34. The Bertz CT molecular complexity index is 1260. The minimum absolute atomic E-state index is 0.0603. The van der Waals surface area contributed by atoms with Gasteiger partial charge in [-0.25, -0.2) is 0 Å². The average Bonchev–Trinajstić information content (AvgIpc) is 3.08. The molecule has 0 atom stereocenters. The van der Waals surface area contributed by atoms with Crippen molar-refractivity contribution in [2.75, 3.05) is 19.5 Å². The quantitative estimate of drug-likeness (QED) is 0.308. The van der Waals surface area contributed by atoms with E-state index in [0.29, 0.717) is 22.7 Å². The predicted molar refractivity (Wildman–Crippen MR) is 125 cm³/mol. The summed E-state index contributed by atoms with van der Waals surface area (Å²) < 4.78 is 10.6. The Labute approximate surface area is 195 Å². The number of rotatable bonds is 8. The Morgan fingerprint density at radius 2 is 1.50 bits per heavy atom. The third-order valence-corrected chi connectivity index (χ3v) is 5.34. The van der Waals surface area contributed by atoms with E-state index in [9.17, 15) is 19.7 Å². The number of hydrogen-bond acceptors (Lipinski definition) is 7. The van der Waals surface area contributed by atoms with Crippen LogP contribution in [0.3, 0.4) is 0 Å². The van der Waals surface area contributed by atoms with Gasteiger partial charge in [0.2, 0.25) is 0 Å². The molecule has 1 aliphatic rings. The van der Waals surface area contributed by atoms with Crippen molar-refractivity contribution in [1.82, 2.24) is 4.90 Å². The second-order valence-electron chi connectivity index (χ2n) is 7.46. The Kier molecular flexibility index (Phi) is 6.26. The highest BCUT2D eigenvalue weighted by Gasteiger charge is 2.39. The van der Waals surface area contributed by atoms with Crippen molar-refractivity contribution in [2.45, 2.75) is 6.54 Å². The van der Waals surface area contributed by atoms with Gasteiger partial charge < -0.3 is 14.8 Å². The molecule has 4 rings (SSSR count). The molecule has 9 heteroatoms. The number of imide groups is 1. The van der Waals surface area contributed by atoms with Gasteiger partial charge in [0.05, 0.1) is 31.3 Å². The number of carbonyl (C=O) groups is 2. The van der Waals surface area contributed by atoms with Crippen LogP contribution in [0.2, 0.25) is 0 Å². The van der Waals surface area contributed by atoms with Gasteiger partial charge in [0.1, 0.15) is 17.2 Å². The fourth-order valence-electron chi connectivity index (χ4n) is 3.64. The van der Waals surface area contributed by atoms with E-state index in [2.05, 4.69) is 5.32 Å². The molecule has 3 aromatic rings. The first-order valence-corrected chi connectivity index (χ1v) is 10.3. The molecule has 0 spiro atoms. The minimum Gasteiger partial charge on any atom is -0.497 e. The largest absolute Gasteiger partial charge is 0.497 e. The topological polar surface area (TPSA) is 111 Å². The second-order valence-corrected chi connectivity index (χ2v) is 7.46. The molecular formula is C25H21N3O6. The van der Waals surface area contributed by atoms with E-state index >= 15 is 0 Å². The summed E-state index contributed by atoms with van der Waals surface area (Å²) in [5, 5.41) is 14.1. The summed E-state index contributed by atoms with van der Waals surface area (Å²) in [5.41, 5.74) is 1.72. The number of nitro benzene ring substituents is 1. The molecule has 0 saturated carbocycles. The van der Waals surface area contributed by atoms with Gasteiger partial charge in [-0.1, -0.05) is 30.3 Å². The lowest BCUT2D eigenvalue weighted by molar-refractivity contribution is -0.384. The Morgan fingerprint density at radius 1 is 0.882 bits per heavy atom. The molecule has 1 heterocycles. The van der Waals surface area contributed by atoms with Gasteiger partial charge in [-0.05, 0) is 23.3 Å². The zero-order chi connectivity index (χ0) is 24.2. The maximum Gasteiger partial charge on any atom is 0.278 e. The number of nitro groups is 1. The van der Waals surface area contributed by atoms with E-state index in [1.54, 1.807) is 18.2 Å². The van der Waals surface area contributed by atoms with Crippen molar-refractivity contribution in [3.8, 4) is 11.5 Å². The van der Waals surface area contributed by atoms with Crippen LogP contribution in [-0.4, -0.2) is 35.9 Å². The van der Waals surface area contributed by atoms with Crippen molar-refractivity contribution >= 4 is 28.8 Å². The Morgan fingerprint density at radius 3 is 2.06 bits per heavy atom. The van der Waals surface area contributed by atoms with Gasteiger partial charge in [-0.3, -0.25) is 24.6 Å². The number of methoxy groups -OCH3 is 2. The number of amides is 2. The van der Waals surface area contributed by atoms with Gasteiger partial charge in [-0.2, -0.15) is 0 Å². The number of nitrogens with zero attached hydrogens (tertiary/aromatic N) is 2. The molecule has 0 saturated heterocycles. The van der Waals surface area contributed by atoms with Gasteiger partial charge in [0, 0.05) is 36.0 Å². The summed E-state index contributed by atoms with van der Waals surface area (Å²) in [6.07, 6.45) is 0. The molecule has 1 N–H and O–H groups in total. The number of benzene rings is 3. The first kappa shape index (κ1) is 22.5. The molecule has 0 aromatic heterocycles. The summed E-state index contributed by atoms with van der Waals surface area (Å²) in [6.45, 7) is 0.0849. The lowest BCUT2D eigenvalue weighted by atomic mass is 10.0. The number of carbonyl (C=O) groups excluding carboxylic acids is 2. The van der Waals surface area contributed by atoms with Crippen molar-refractivity contribution in [1.29, 1.82) is 0 Å². The number of hydrogen-bond donors (Lipinski definition) is 1. The highest BCUT2D eigenvalue weighted by molar-refractivity contribution is 6.36. The number of ether oxygens (including phenoxy) is 2. The molecule has 0 radical (unpaired) electrons. The first-order chi connectivity index (χ1) is 16.4. The number of anilines is 1. The monoisotopic (exact) mass is 459 g/mol. The summed E-state index contributed by atoms with van der Waals surface area (Å²) >= 11 is 0. The standard InChI is InChI=1S/C25H21N3O6/c1-33-20-12-18(13-21(14-20)34-2)26-23-22(17-8-10-19(11-9-17)28(31)32)24(29)27(25(23)30)15-16-6-4-3-5-7-16/h3-14,26H,15H2,1-2H3. The maximum atomic E-state index is 13.4. The molecule has 9 nitrogen and oxygen atoms in total. The van der Waals surface area contributed by atoms with Gasteiger partial charge in [0.15, 0.2) is 0 Å². The molecule has 34 heavy (non-hydrogen) atoms. The summed E-state index contributed by atoms with van der Waals surface area (Å²) in [4.78, 5) is 38.5. The maximum absolute atomic E-state index is 13.4. The number of nitrogens with one attached hydrogen (secondary N) is 1.